The molecule has 1 heterocycles. The molecule has 20 heavy (non-hydrogen) atoms. The average molecular weight is 295 g/mol. The highest BCUT2D eigenvalue weighted by Gasteiger charge is 2.27. The van der Waals surface area contributed by atoms with Crippen LogP contribution in [0.5, 0.6) is 0 Å². The fourth-order valence-corrected chi connectivity index (χ4v) is 3.30. The Labute approximate surface area is 120 Å². The summed E-state index contributed by atoms with van der Waals surface area (Å²) in [7, 11) is -3.46. The largest absolute Gasteiger partial charge is 0.312 e. The molecule has 1 aromatic rings. The van der Waals surface area contributed by atoms with E-state index in [9.17, 15) is 8.42 Å². The van der Waals surface area contributed by atoms with Gasteiger partial charge in [0.15, 0.2) is 0 Å². The van der Waals surface area contributed by atoms with Gasteiger partial charge in [0.2, 0.25) is 0 Å². The molecule has 1 aliphatic rings. The highest BCUT2D eigenvalue weighted by Crippen LogP contribution is 2.29. The Balaban J connectivity index is 2.05. The highest BCUT2D eigenvalue weighted by atomic mass is 32.2. The van der Waals surface area contributed by atoms with Crippen molar-refractivity contribution in [2.45, 2.75) is 31.7 Å². The molecule has 1 aromatic carbocycles. The van der Waals surface area contributed by atoms with Crippen molar-refractivity contribution in [1.82, 2.24) is 9.62 Å². The normalized spacial score (nSPS) is 18.1. The second-order valence-electron chi connectivity index (χ2n) is 5.31. The number of aliphatic imine (C=N–C) groups is 1. The maximum atomic E-state index is 12.4. The maximum Gasteiger partial charge on any atom is 0.267 e. The molecule has 0 spiro atoms. The van der Waals surface area contributed by atoms with Gasteiger partial charge >= 0.3 is 0 Å². The SMILES string of the molecule is CC(C)C(C)NCCN1C=Nc2ccccc2S1(=O)=O. The number of hydrogen-bond acceptors (Lipinski definition) is 4. The monoisotopic (exact) mass is 295 g/mol. The minimum atomic E-state index is -3.46. The van der Waals surface area contributed by atoms with Gasteiger partial charge in [-0.15, -0.1) is 0 Å². The van der Waals surface area contributed by atoms with Crippen LogP contribution in [0.4, 0.5) is 5.69 Å². The Bertz CT molecular complexity index is 596. The van der Waals surface area contributed by atoms with Gasteiger partial charge in [-0.05, 0) is 25.0 Å². The summed E-state index contributed by atoms with van der Waals surface area (Å²) in [6, 6.07) is 7.16. The van der Waals surface area contributed by atoms with Gasteiger partial charge in [0, 0.05) is 19.1 Å². The van der Waals surface area contributed by atoms with Crippen LogP contribution in [0.3, 0.4) is 0 Å². The van der Waals surface area contributed by atoms with Crippen molar-refractivity contribution < 1.29 is 8.42 Å². The third-order valence-corrected chi connectivity index (χ3v) is 5.37. The van der Waals surface area contributed by atoms with Crippen molar-refractivity contribution >= 4 is 22.0 Å². The van der Waals surface area contributed by atoms with Crippen LogP contribution in [0.15, 0.2) is 34.2 Å². The van der Waals surface area contributed by atoms with E-state index in [1.807, 2.05) is 0 Å². The first-order valence-corrected chi connectivity index (χ1v) is 8.25. The minimum absolute atomic E-state index is 0.277. The van der Waals surface area contributed by atoms with Crippen molar-refractivity contribution in [1.29, 1.82) is 0 Å². The van der Waals surface area contributed by atoms with Crippen LogP contribution in [0.25, 0.3) is 0 Å². The molecule has 1 unspecified atom stereocenters. The molecule has 0 amide bonds. The molecule has 0 aromatic heterocycles. The lowest BCUT2D eigenvalue weighted by Gasteiger charge is -2.25. The van der Waals surface area contributed by atoms with Gasteiger partial charge < -0.3 is 5.32 Å². The smallest absolute Gasteiger partial charge is 0.267 e. The molecule has 2 rings (SSSR count). The van der Waals surface area contributed by atoms with E-state index in [0.717, 1.165) is 0 Å². The number of rotatable bonds is 5. The van der Waals surface area contributed by atoms with E-state index in [0.29, 0.717) is 30.7 Å². The van der Waals surface area contributed by atoms with E-state index < -0.39 is 10.0 Å². The van der Waals surface area contributed by atoms with Crippen LogP contribution in [0, 0.1) is 5.92 Å². The topological polar surface area (TPSA) is 61.8 Å². The first-order chi connectivity index (χ1) is 9.43. The molecule has 6 heteroatoms. The third-order valence-electron chi connectivity index (χ3n) is 3.58. The van der Waals surface area contributed by atoms with E-state index in [2.05, 4.69) is 31.1 Å². The Morgan fingerprint density at radius 1 is 1.25 bits per heavy atom. The fraction of sp³-hybridized carbons (Fsp3) is 0.500. The molecule has 1 N–H and O–H groups in total. The number of benzene rings is 1. The molecular formula is C14H21N3O2S. The molecule has 0 fully saturated rings. The number of para-hydroxylation sites is 1. The van der Waals surface area contributed by atoms with Crippen molar-refractivity contribution in [3.8, 4) is 0 Å². The van der Waals surface area contributed by atoms with Crippen molar-refractivity contribution in [2.75, 3.05) is 13.1 Å². The molecule has 5 nitrogen and oxygen atoms in total. The number of hydrogen-bond donors (Lipinski definition) is 1. The zero-order chi connectivity index (χ0) is 14.8. The first-order valence-electron chi connectivity index (χ1n) is 6.81. The van der Waals surface area contributed by atoms with Gasteiger partial charge in [0.25, 0.3) is 10.0 Å². The lowest BCUT2D eigenvalue weighted by atomic mass is 10.1. The van der Waals surface area contributed by atoms with Gasteiger partial charge in [0.1, 0.15) is 11.2 Å². The molecule has 110 valence electrons. The maximum absolute atomic E-state index is 12.4. The van der Waals surface area contributed by atoms with Gasteiger partial charge in [-0.2, -0.15) is 0 Å². The summed E-state index contributed by atoms with van der Waals surface area (Å²) in [5, 5.41) is 3.32. The lowest BCUT2D eigenvalue weighted by Crippen LogP contribution is -2.40. The van der Waals surface area contributed by atoms with Crippen LogP contribution in [-0.2, 0) is 10.0 Å². The fourth-order valence-electron chi connectivity index (χ4n) is 1.91. The van der Waals surface area contributed by atoms with Crippen LogP contribution in [-0.4, -0.2) is 38.2 Å². The zero-order valence-electron chi connectivity index (χ0n) is 12.1. The van der Waals surface area contributed by atoms with E-state index in [1.165, 1.54) is 10.6 Å². The van der Waals surface area contributed by atoms with Gasteiger partial charge in [0.05, 0.1) is 5.69 Å². The van der Waals surface area contributed by atoms with Gasteiger partial charge in [-0.1, -0.05) is 26.0 Å². The number of nitrogens with zero attached hydrogens (tertiary/aromatic N) is 2. The Kier molecular flexibility index (Phi) is 4.45. The second-order valence-corrected chi connectivity index (χ2v) is 7.17. The first kappa shape index (κ1) is 15.0. The van der Waals surface area contributed by atoms with Crippen molar-refractivity contribution in [2.24, 2.45) is 10.9 Å². The summed E-state index contributed by atoms with van der Waals surface area (Å²) in [4.78, 5) is 4.47. The summed E-state index contributed by atoms with van der Waals surface area (Å²) in [6.45, 7) is 7.35. The molecule has 0 radical (unpaired) electrons. The summed E-state index contributed by atoms with van der Waals surface area (Å²) in [5.41, 5.74) is 0.507. The van der Waals surface area contributed by atoms with Crippen LogP contribution < -0.4 is 5.32 Å². The summed E-state index contributed by atoms with van der Waals surface area (Å²) < 4.78 is 26.1. The quantitative estimate of drug-likeness (QED) is 0.903. The Morgan fingerprint density at radius 3 is 2.65 bits per heavy atom. The zero-order valence-corrected chi connectivity index (χ0v) is 12.9. The molecule has 0 aliphatic carbocycles. The van der Waals surface area contributed by atoms with Gasteiger partial charge in [-0.25, -0.2) is 13.4 Å². The van der Waals surface area contributed by atoms with Crippen LogP contribution in [0.2, 0.25) is 0 Å². The summed E-state index contributed by atoms with van der Waals surface area (Å²) in [5.74, 6) is 0.516. The molecule has 0 saturated carbocycles. The van der Waals surface area contributed by atoms with E-state index in [-0.39, 0.29) is 4.90 Å². The average Bonchev–Trinajstić information content (AvgIpc) is 2.41. The number of fused-ring (bicyclic) bond motifs is 1. The van der Waals surface area contributed by atoms with Gasteiger partial charge in [-0.3, -0.25) is 4.31 Å². The third kappa shape index (κ3) is 3.02. The molecule has 1 aliphatic heterocycles. The van der Waals surface area contributed by atoms with Crippen molar-refractivity contribution in [3.63, 3.8) is 0 Å². The Hall–Kier alpha value is -1.40. The predicted octanol–water partition coefficient (Wildman–Crippen LogP) is 1.98. The molecule has 0 bridgehead atoms. The van der Waals surface area contributed by atoms with Crippen LogP contribution >= 0.6 is 0 Å². The second kappa shape index (κ2) is 5.93. The van der Waals surface area contributed by atoms with Crippen molar-refractivity contribution in [3.05, 3.63) is 24.3 Å². The van der Waals surface area contributed by atoms with E-state index >= 15 is 0 Å². The molecule has 0 saturated heterocycles. The number of sulfonamides is 1. The van der Waals surface area contributed by atoms with E-state index in [1.54, 1.807) is 24.3 Å². The summed E-state index contributed by atoms with van der Waals surface area (Å²) in [6.07, 6.45) is 1.40. The highest BCUT2D eigenvalue weighted by molar-refractivity contribution is 7.89. The minimum Gasteiger partial charge on any atom is -0.312 e. The lowest BCUT2D eigenvalue weighted by molar-refractivity contribution is 0.413. The summed E-state index contributed by atoms with van der Waals surface area (Å²) >= 11 is 0. The standard InChI is InChI=1S/C14H21N3O2S/c1-11(2)12(3)15-8-9-17-10-16-13-6-4-5-7-14(13)20(17,18)19/h4-7,10-12,15H,8-9H2,1-3H3. The molecule has 1 atom stereocenters. The number of nitrogens with one attached hydrogen (secondary N) is 1. The Morgan fingerprint density at radius 2 is 1.95 bits per heavy atom. The predicted molar refractivity (Wildman–Crippen MR) is 80.8 cm³/mol. The van der Waals surface area contributed by atoms with Crippen LogP contribution in [0.1, 0.15) is 20.8 Å². The van der Waals surface area contributed by atoms with E-state index in [4.69, 9.17) is 0 Å². The molecular weight excluding hydrogens is 274 g/mol.